The van der Waals surface area contributed by atoms with Crippen molar-refractivity contribution in [2.24, 2.45) is 0 Å². The zero-order chi connectivity index (χ0) is 26.8. The molecule has 0 saturated heterocycles. The summed E-state index contributed by atoms with van der Waals surface area (Å²) in [7, 11) is 0. The molecule has 3 aromatic carbocycles. The van der Waals surface area contributed by atoms with Crippen LogP contribution < -0.4 is 10.6 Å². The summed E-state index contributed by atoms with van der Waals surface area (Å²) in [5.74, 6) is -1.65. The third-order valence-electron chi connectivity index (χ3n) is 5.83. The minimum Gasteiger partial charge on any atom is -0.480 e. The highest BCUT2D eigenvalue weighted by Crippen LogP contribution is 2.37. The lowest BCUT2D eigenvalue weighted by Crippen LogP contribution is -2.38. The number of hydrogen-bond acceptors (Lipinski definition) is 3. The van der Waals surface area contributed by atoms with Gasteiger partial charge < -0.3 is 15.7 Å². The third kappa shape index (κ3) is 6.18. The highest BCUT2D eigenvalue weighted by Gasteiger charge is 2.41. The van der Waals surface area contributed by atoms with Gasteiger partial charge in [0.2, 0.25) is 0 Å². The van der Waals surface area contributed by atoms with Gasteiger partial charge >= 0.3 is 12.1 Å². The molecule has 0 spiro atoms. The van der Waals surface area contributed by atoms with Gasteiger partial charge in [-0.1, -0.05) is 48.0 Å². The molecule has 0 fully saturated rings. The lowest BCUT2D eigenvalue weighted by Gasteiger charge is -2.24. The molecule has 2 atom stereocenters. The van der Waals surface area contributed by atoms with Gasteiger partial charge in [-0.25, -0.2) is 0 Å². The van der Waals surface area contributed by atoms with E-state index in [0.29, 0.717) is 38.4 Å². The predicted octanol–water partition coefficient (Wildman–Crippen LogP) is 6.85. The molecule has 3 rings (SSSR count). The van der Waals surface area contributed by atoms with Gasteiger partial charge in [-0.3, -0.25) is 9.59 Å². The average molecular weight is 519 g/mol. The minimum absolute atomic E-state index is 0.0486. The molecule has 0 aliphatic rings. The Kier molecular flexibility index (Phi) is 7.99. The van der Waals surface area contributed by atoms with E-state index in [1.807, 2.05) is 0 Å². The van der Waals surface area contributed by atoms with Crippen molar-refractivity contribution < 1.29 is 27.9 Å². The normalized spacial score (nSPS) is 13.1. The van der Waals surface area contributed by atoms with Crippen LogP contribution in [-0.4, -0.2) is 29.2 Å². The van der Waals surface area contributed by atoms with Gasteiger partial charge in [0.25, 0.3) is 5.91 Å². The van der Waals surface area contributed by atoms with E-state index in [0.717, 1.165) is 0 Å². The van der Waals surface area contributed by atoms with Crippen molar-refractivity contribution in [3.63, 3.8) is 0 Å². The fraction of sp³-hybridized carbons (Fsp3) is 0.259. The SMILES string of the molecule is Cc1cc(C(Nc2cccc(-c3cc(C)c(C(=O)N[C@@H](C)C(=O)O)c(C)c3)c2)C(F)(F)F)ccc1Cl. The Morgan fingerprint density at radius 1 is 0.917 bits per heavy atom. The maximum absolute atomic E-state index is 13.9. The van der Waals surface area contributed by atoms with Crippen LogP contribution in [0.1, 0.15) is 45.6 Å². The molecule has 3 aromatic rings. The van der Waals surface area contributed by atoms with Crippen LogP contribution in [0.5, 0.6) is 0 Å². The quantitative estimate of drug-likeness (QED) is 0.319. The number of nitrogens with one attached hydrogen (secondary N) is 2. The number of benzene rings is 3. The van der Waals surface area contributed by atoms with E-state index in [1.54, 1.807) is 57.2 Å². The first kappa shape index (κ1) is 27.1. The molecule has 3 N–H and O–H groups in total. The number of amides is 1. The average Bonchev–Trinajstić information content (AvgIpc) is 2.78. The fourth-order valence-electron chi connectivity index (χ4n) is 3.98. The summed E-state index contributed by atoms with van der Waals surface area (Å²) in [6.45, 7) is 6.47. The summed E-state index contributed by atoms with van der Waals surface area (Å²) in [6.07, 6.45) is -4.55. The van der Waals surface area contributed by atoms with E-state index < -0.39 is 30.1 Å². The van der Waals surface area contributed by atoms with Crippen molar-refractivity contribution in [3.8, 4) is 11.1 Å². The van der Waals surface area contributed by atoms with Crippen molar-refractivity contribution in [1.82, 2.24) is 5.32 Å². The summed E-state index contributed by atoms with van der Waals surface area (Å²) >= 11 is 5.99. The maximum Gasteiger partial charge on any atom is 0.412 e. The zero-order valence-electron chi connectivity index (χ0n) is 20.1. The van der Waals surface area contributed by atoms with Crippen LogP contribution in [0.2, 0.25) is 5.02 Å². The van der Waals surface area contributed by atoms with Crippen LogP contribution in [0, 0.1) is 20.8 Å². The molecule has 5 nitrogen and oxygen atoms in total. The first-order valence-corrected chi connectivity index (χ1v) is 11.5. The lowest BCUT2D eigenvalue weighted by atomic mass is 9.94. The van der Waals surface area contributed by atoms with Crippen molar-refractivity contribution in [1.29, 1.82) is 0 Å². The van der Waals surface area contributed by atoms with Crippen LogP contribution in [0.15, 0.2) is 54.6 Å². The molecular formula is C27H26ClF3N2O3. The van der Waals surface area contributed by atoms with Gasteiger partial charge in [0, 0.05) is 16.3 Å². The second-order valence-corrected chi connectivity index (χ2v) is 9.13. The summed E-state index contributed by atoms with van der Waals surface area (Å²) in [4.78, 5) is 23.7. The topological polar surface area (TPSA) is 78.4 Å². The molecule has 1 unspecified atom stereocenters. The highest BCUT2D eigenvalue weighted by molar-refractivity contribution is 6.31. The van der Waals surface area contributed by atoms with E-state index in [9.17, 15) is 22.8 Å². The Bertz CT molecular complexity index is 1280. The molecule has 0 bridgehead atoms. The molecule has 1 amide bonds. The smallest absolute Gasteiger partial charge is 0.412 e. The Labute approximate surface area is 212 Å². The van der Waals surface area contributed by atoms with Crippen LogP contribution >= 0.6 is 11.6 Å². The predicted molar refractivity (Wildman–Crippen MR) is 135 cm³/mol. The van der Waals surface area contributed by atoms with Gasteiger partial charge in [-0.2, -0.15) is 13.2 Å². The van der Waals surface area contributed by atoms with E-state index in [2.05, 4.69) is 10.6 Å². The number of carboxylic acids is 1. The standard InChI is InChI=1S/C27H26ClF3N2O3/c1-14-10-19(8-9-22(14)28)24(27(29,30)31)33-21-7-5-6-18(13-21)20-11-15(2)23(16(3)12-20)25(34)32-17(4)26(35)36/h5-13,17,24,33H,1-4H3,(H,32,34)(H,35,36)/t17-,24?/m0/s1. The van der Waals surface area contributed by atoms with E-state index in [1.165, 1.54) is 25.1 Å². The van der Waals surface area contributed by atoms with Gasteiger partial charge in [-0.05, 0) is 79.3 Å². The Hall–Kier alpha value is -3.52. The molecule has 0 saturated carbocycles. The van der Waals surface area contributed by atoms with Crippen LogP contribution in [0.25, 0.3) is 11.1 Å². The van der Waals surface area contributed by atoms with Crippen LogP contribution in [0.3, 0.4) is 0 Å². The summed E-state index contributed by atoms with van der Waals surface area (Å²) in [5, 5.41) is 14.5. The monoisotopic (exact) mass is 518 g/mol. The van der Waals surface area contributed by atoms with E-state index in [4.69, 9.17) is 16.7 Å². The Morgan fingerprint density at radius 2 is 1.56 bits per heavy atom. The number of carbonyl (C=O) groups excluding carboxylic acids is 1. The first-order valence-electron chi connectivity index (χ1n) is 11.1. The highest BCUT2D eigenvalue weighted by atomic mass is 35.5. The molecule has 0 radical (unpaired) electrons. The number of anilines is 1. The number of carboxylic acid groups (broad SMARTS) is 1. The zero-order valence-corrected chi connectivity index (χ0v) is 20.9. The Balaban J connectivity index is 1.93. The first-order chi connectivity index (χ1) is 16.8. The maximum atomic E-state index is 13.9. The van der Waals surface area contributed by atoms with E-state index in [-0.39, 0.29) is 11.3 Å². The number of hydrogen-bond donors (Lipinski definition) is 3. The second-order valence-electron chi connectivity index (χ2n) is 8.73. The number of carbonyl (C=O) groups is 2. The van der Waals surface area contributed by atoms with E-state index >= 15 is 0 Å². The van der Waals surface area contributed by atoms with Gasteiger partial charge in [0.15, 0.2) is 0 Å². The third-order valence-corrected chi connectivity index (χ3v) is 6.25. The number of halogens is 4. The molecule has 0 aliphatic heterocycles. The van der Waals surface area contributed by atoms with Gasteiger partial charge in [0.1, 0.15) is 12.1 Å². The van der Waals surface area contributed by atoms with Crippen molar-refractivity contribution in [3.05, 3.63) is 87.4 Å². The molecule has 0 aliphatic carbocycles. The van der Waals surface area contributed by atoms with Crippen molar-refractivity contribution in [2.45, 2.75) is 46.0 Å². The number of rotatable bonds is 7. The fourth-order valence-corrected chi connectivity index (χ4v) is 4.09. The largest absolute Gasteiger partial charge is 0.480 e. The molecule has 9 heteroatoms. The molecular weight excluding hydrogens is 493 g/mol. The minimum atomic E-state index is -4.55. The summed E-state index contributed by atoms with van der Waals surface area (Å²) in [6, 6.07) is 11.3. The van der Waals surface area contributed by atoms with Crippen LogP contribution in [0.4, 0.5) is 18.9 Å². The second kappa shape index (κ2) is 10.6. The van der Waals surface area contributed by atoms with Gasteiger partial charge in [0.05, 0.1) is 0 Å². The van der Waals surface area contributed by atoms with Gasteiger partial charge in [-0.15, -0.1) is 0 Å². The number of alkyl halides is 3. The summed E-state index contributed by atoms with van der Waals surface area (Å²) < 4.78 is 41.8. The Morgan fingerprint density at radius 3 is 2.11 bits per heavy atom. The molecule has 36 heavy (non-hydrogen) atoms. The molecule has 0 aromatic heterocycles. The number of aliphatic carboxylic acids is 1. The van der Waals surface area contributed by atoms with Crippen LogP contribution in [-0.2, 0) is 4.79 Å². The molecule has 0 heterocycles. The lowest BCUT2D eigenvalue weighted by molar-refractivity contribution is -0.144. The summed E-state index contributed by atoms with van der Waals surface area (Å²) in [5.41, 5.74) is 3.82. The van der Waals surface area contributed by atoms with Crippen molar-refractivity contribution >= 4 is 29.2 Å². The number of aryl methyl sites for hydroxylation is 3. The molecule has 190 valence electrons. The van der Waals surface area contributed by atoms with Crippen molar-refractivity contribution in [2.75, 3.05) is 5.32 Å².